The summed E-state index contributed by atoms with van der Waals surface area (Å²) in [5, 5.41) is 0. The van der Waals surface area contributed by atoms with Crippen LogP contribution in [0.5, 0.6) is 0 Å². The Morgan fingerprint density at radius 3 is 1.14 bits per heavy atom. The van der Waals surface area contributed by atoms with Crippen LogP contribution < -0.4 is 0 Å². The van der Waals surface area contributed by atoms with Crippen molar-refractivity contribution in [2.24, 2.45) is 107 Å². The smallest absolute Gasteiger partial charge is 0.0107 e. The van der Waals surface area contributed by atoms with Gasteiger partial charge >= 0.3 is 0 Å². The van der Waals surface area contributed by atoms with E-state index in [9.17, 15) is 0 Å². The van der Waals surface area contributed by atoms with Gasteiger partial charge in [-0.25, -0.2) is 0 Å². The summed E-state index contributed by atoms with van der Waals surface area (Å²) in [6.45, 7) is 0. The van der Waals surface area contributed by atoms with Crippen molar-refractivity contribution < 1.29 is 0 Å². The molecule has 1 heteroatoms. The predicted octanol–water partition coefficient (Wildman–Crippen LogP) is 17.6. The Hall–Kier alpha value is -0.0400. The molecule has 0 saturated heterocycles. The van der Waals surface area contributed by atoms with E-state index in [2.05, 4.69) is 4.90 Å². The summed E-state index contributed by atoms with van der Waals surface area (Å²) in [5.41, 5.74) is 0. The van der Waals surface area contributed by atoms with Crippen LogP contribution in [0.15, 0.2) is 0 Å². The van der Waals surface area contributed by atoms with Gasteiger partial charge in [0.15, 0.2) is 0 Å². The first kappa shape index (κ1) is 44.2. The topological polar surface area (TPSA) is 3.24 Å². The maximum atomic E-state index is 3.57. The van der Waals surface area contributed by atoms with Crippen molar-refractivity contribution in [1.82, 2.24) is 4.90 Å². The SMILES string of the molecule is C1CCC(C2CCC(N(C3CC(C4CCCCC4)CC(C4CCCCC4)C3)C3CCC4CC5C6CCCCC6CC(C6CCC7CC(C8CCCCC8)CC7C6)C5C4C3)CC2)CC1. The molecule has 0 N–H and O–H groups in total. The van der Waals surface area contributed by atoms with Gasteiger partial charge in [-0.3, -0.25) is 4.90 Å². The van der Waals surface area contributed by atoms with Gasteiger partial charge in [-0.05, 0) is 222 Å². The highest BCUT2D eigenvalue weighted by Gasteiger charge is 2.58. The minimum Gasteiger partial charge on any atom is -0.294 e. The lowest BCUT2D eigenvalue weighted by Gasteiger charge is -2.55. The molecule has 356 valence electrons. The second kappa shape index (κ2) is 20.1. The van der Waals surface area contributed by atoms with Crippen molar-refractivity contribution in [3.8, 4) is 0 Å². The van der Waals surface area contributed by atoms with Crippen LogP contribution in [0.1, 0.15) is 263 Å². The van der Waals surface area contributed by atoms with Crippen LogP contribution in [-0.4, -0.2) is 23.0 Å². The Labute approximate surface area is 391 Å². The second-order valence-electron chi connectivity index (χ2n) is 27.8. The van der Waals surface area contributed by atoms with Gasteiger partial charge in [0.2, 0.25) is 0 Å². The molecule has 12 aliphatic carbocycles. The molecular weight excluding hydrogens is 759 g/mol. The molecule has 12 rings (SSSR count). The van der Waals surface area contributed by atoms with Gasteiger partial charge in [-0.1, -0.05) is 148 Å². The standard InChI is InChI=1S/C62H103N/c1-5-15-42(16-6-1)46-27-30-55(31-28-46)63(57-37-53(44-19-9-3-10-20-44)36-54(38-57)45-21-11-4-12-22-45)56-32-29-50-40-61-58-24-14-13-23-48(58)39-59(62(61)60(50)41-56)49-26-25-47-33-51(35-52(47)34-49)43-17-7-2-8-18-43/h42-62H,1-41H2. The number of hydrogen-bond acceptors (Lipinski definition) is 1. The van der Waals surface area contributed by atoms with Gasteiger partial charge in [0.25, 0.3) is 0 Å². The van der Waals surface area contributed by atoms with Crippen molar-refractivity contribution in [2.75, 3.05) is 0 Å². The van der Waals surface area contributed by atoms with Crippen LogP contribution >= 0.6 is 0 Å². The van der Waals surface area contributed by atoms with E-state index in [0.29, 0.717) is 0 Å². The van der Waals surface area contributed by atoms with Crippen molar-refractivity contribution >= 4 is 0 Å². The quantitative estimate of drug-likeness (QED) is 0.235. The third-order valence-electron chi connectivity index (χ3n) is 25.2. The molecular formula is C62H103N. The van der Waals surface area contributed by atoms with Crippen molar-refractivity contribution in [2.45, 2.75) is 281 Å². The van der Waals surface area contributed by atoms with Crippen LogP contribution in [-0.2, 0) is 0 Å². The van der Waals surface area contributed by atoms with E-state index >= 15 is 0 Å². The molecule has 63 heavy (non-hydrogen) atoms. The van der Waals surface area contributed by atoms with Gasteiger partial charge < -0.3 is 0 Å². The van der Waals surface area contributed by atoms with Crippen molar-refractivity contribution in [1.29, 1.82) is 0 Å². The Morgan fingerprint density at radius 1 is 0.175 bits per heavy atom. The van der Waals surface area contributed by atoms with E-state index in [-0.39, 0.29) is 0 Å². The van der Waals surface area contributed by atoms with Gasteiger partial charge in [-0.2, -0.15) is 0 Å². The van der Waals surface area contributed by atoms with E-state index in [0.717, 1.165) is 125 Å². The van der Waals surface area contributed by atoms with Gasteiger partial charge in [0, 0.05) is 18.1 Å². The molecule has 0 amide bonds. The first-order chi connectivity index (χ1) is 31.2. The first-order valence-corrected chi connectivity index (χ1v) is 31.0. The fourth-order valence-electron chi connectivity index (χ4n) is 22.5. The van der Waals surface area contributed by atoms with E-state index in [1.54, 1.807) is 238 Å². The molecule has 0 aliphatic heterocycles. The van der Waals surface area contributed by atoms with Gasteiger partial charge in [0.1, 0.15) is 0 Å². The monoisotopic (exact) mass is 862 g/mol. The summed E-state index contributed by atoms with van der Waals surface area (Å²) in [4.78, 5) is 3.57. The highest BCUT2D eigenvalue weighted by atomic mass is 15.2. The van der Waals surface area contributed by atoms with Gasteiger partial charge in [0.05, 0.1) is 0 Å². The number of hydrogen-bond donors (Lipinski definition) is 0. The number of nitrogens with zero attached hydrogens (tertiary/aromatic N) is 1. The average Bonchev–Trinajstić information content (AvgIpc) is 3.97. The summed E-state index contributed by atoms with van der Waals surface area (Å²) in [5.74, 6) is 19.8. The lowest BCUT2D eigenvalue weighted by molar-refractivity contribution is -0.0591. The summed E-state index contributed by atoms with van der Waals surface area (Å²) in [6.07, 6.45) is 65.4. The maximum absolute atomic E-state index is 3.57. The van der Waals surface area contributed by atoms with Crippen molar-refractivity contribution in [3.63, 3.8) is 0 Å². The zero-order valence-electron chi connectivity index (χ0n) is 41.6. The predicted molar refractivity (Wildman–Crippen MR) is 265 cm³/mol. The third kappa shape index (κ3) is 9.28. The summed E-state index contributed by atoms with van der Waals surface area (Å²) >= 11 is 0. The highest BCUT2D eigenvalue weighted by molar-refractivity contribution is 5.08. The lowest BCUT2D eigenvalue weighted by Crippen LogP contribution is -2.56. The van der Waals surface area contributed by atoms with Crippen LogP contribution in [0, 0.1) is 107 Å². The van der Waals surface area contributed by atoms with E-state index in [1.807, 2.05) is 0 Å². The van der Waals surface area contributed by atoms with Crippen LogP contribution in [0.25, 0.3) is 0 Å². The third-order valence-corrected chi connectivity index (χ3v) is 25.2. The summed E-state index contributed by atoms with van der Waals surface area (Å²) in [7, 11) is 0. The average molecular weight is 863 g/mol. The molecule has 14 atom stereocenters. The zero-order valence-corrected chi connectivity index (χ0v) is 41.6. The van der Waals surface area contributed by atoms with Gasteiger partial charge in [-0.15, -0.1) is 0 Å². The Balaban J connectivity index is 0.817. The molecule has 0 aromatic carbocycles. The normalized spacial score (nSPS) is 48.6. The summed E-state index contributed by atoms with van der Waals surface area (Å²) in [6, 6.07) is 2.77. The number of fused-ring (bicyclic) bond motifs is 6. The Bertz CT molecular complexity index is 1390. The van der Waals surface area contributed by atoms with Crippen LogP contribution in [0.2, 0.25) is 0 Å². The molecule has 12 fully saturated rings. The Morgan fingerprint density at radius 2 is 0.524 bits per heavy atom. The van der Waals surface area contributed by atoms with E-state index < -0.39 is 0 Å². The maximum Gasteiger partial charge on any atom is 0.0107 e. The van der Waals surface area contributed by atoms with E-state index in [1.165, 1.54) is 25.7 Å². The van der Waals surface area contributed by atoms with E-state index in [4.69, 9.17) is 0 Å². The molecule has 0 radical (unpaired) electrons. The zero-order chi connectivity index (χ0) is 41.7. The molecule has 0 spiro atoms. The lowest BCUT2D eigenvalue weighted by atomic mass is 9.53. The molecule has 14 unspecified atom stereocenters. The minimum absolute atomic E-state index is 0.922. The largest absolute Gasteiger partial charge is 0.294 e. The Kier molecular flexibility index (Phi) is 14.1. The molecule has 12 aliphatic rings. The first-order valence-electron chi connectivity index (χ1n) is 31.0. The second-order valence-corrected chi connectivity index (χ2v) is 27.8. The molecule has 0 heterocycles. The fraction of sp³-hybridized carbons (Fsp3) is 1.00. The summed E-state index contributed by atoms with van der Waals surface area (Å²) < 4.78 is 0. The molecule has 0 aromatic rings. The van der Waals surface area contributed by atoms with Crippen LogP contribution in [0.3, 0.4) is 0 Å². The van der Waals surface area contributed by atoms with Crippen molar-refractivity contribution in [3.05, 3.63) is 0 Å². The molecule has 0 bridgehead atoms. The molecule has 0 aromatic heterocycles. The number of rotatable bonds is 8. The minimum atomic E-state index is 0.922. The highest BCUT2D eigenvalue weighted by Crippen LogP contribution is 2.65. The fourth-order valence-corrected chi connectivity index (χ4v) is 22.5. The molecule has 1 nitrogen and oxygen atoms in total. The van der Waals surface area contributed by atoms with Crippen LogP contribution in [0.4, 0.5) is 0 Å². The molecule has 12 saturated carbocycles.